The second-order valence-electron chi connectivity index (χ2n) is 5.84. The molecule has 3 nitrogen and oxygen atoms in total. The average Bonchev–Trinajstić information content (AvgIpc) is 3.18. The first kappa shape index (κ1) is 13.8. The first-order valence-corrected chi connectivity index (χ1v) is 7.87. The van der Waals surface area contributed by atoms with Crippen molar-refractivity contribution in [3.8, 4) is 16.9 Å². The molecule has 1 aliphatic carbocycles. The third kappa shape index (κ3) is 2.31. The molecule has 1 saturated heterocycles. The lowest BCUT2D eigenvalue weighted by Crippen LogP contribution is -2.09. The van der Waals surface area contributed by atoms with Gasteiger partial charge < -0.3 is 14.2 Å². The Hall–Kier alpha value is -1.84. The predicted octanol–water partition coefficient (Wildman–Crippen LogP) is 3.96. The molecule has 114 valence electrons. The highest BCUT2D eigenvalue weighted by molar-refractivity contribution is 5.79. The number of ether oxygens (including phenoxy) is 3. The highest BCUT2D eigenvalue weighted by Crippen LogP contribution is 2.48. The van der Waals surface area contributed by atoms with Gasteiger partial charge in [-0.3, -0.25) is 0 Å². The Balaban J connectivity index is 1.67. The van der Waals surface area contributed by atoms with E-state index in [9.17, 15) is 0 Å². The van der Waals surface area contributed by atoms with Crippen molar-refractivity contribution < 1.29 is 14.2 Å². The van der Waals surface area contributed by atoms with E-state index < -0.39 is 0 Å². The van der Waals surface area contributed by atoms with Gasteiger partial charge in [-0.25, -0.2) is 0 Å². The van der Waals surface area contributed by atoms with E-state index in [0.717, 1.165) is 31.8 Å². The van der Waals surface area contributed by atoms with Crippen molar-refractivity contribution in [3.05, 3.63) is 53.6 Å². The molecule has 1 fully saturated rings. The Morgan fingerprint density at radius 1 is 0.955 bits per heavy atom. The summed E-state index contributed by atoms with van der Waals surface area (Å²) in [5, 5.41) is 0. The van der Waals surface area contributed by atoms with E-state index in [0.29, 0.717) is 5.92 Å². The maximum Gasteiger partial charge on any atom is 0.157 e. The second kappa shape index (κ2) is 5.75. The molecule has 4 rings (SSSR count). The van der Waals surface area contributed by atoms with E-state index in [1.165, 1.54) is 22.3 Å². The van der Waals surface area contributed by atoms with Gasteiger partial charge in [-0.05, 0) is 47.2 Å². The third-order valence-corrected chi connectivity index (χ3v) is 4.64. The van der Waals surface area contributed by atoms with Crippen LogP contribution in [0.4, 0.5) is 0 Å². The standard InChI is InChI=1S/C19H20O3/c1-20-13-6-7-16-14-4-2-3-5-15(14)17(18(16)12-13)8-9-19-21-10-11-22-19/h2-7,12,17,19H,8-11H2,1H3. The summed E-state index contributed by atoms with van der Waals surface area (Å²) in [4.78, 5) is 0. The van der Waals surface area contributed by atoms with Gasteiger partial charge in [0.25, 0.3) is 0 Å². The van der Waals surface area contributed by atoms with E-state index in [2.05, 4.69) is 36.4 Å². The van der Waals surface area contributed by atoms with Gasteiger partial charge in [0, 0.05) is 5.92 Å². The molecule has 0 spiro atoms. The zero-order valence-electron chi connectivity index (χ0n) is 12.7. The minimum absolute atomic E-state index is 0.0400. The second-order valence-corrected chi connectivity index (χ2v) is 5.84. The Labute approximate surface area is 130 Å². The molecule has 0 aromatic heterocycles. The van der Waals surface area contributed by atoms with Crippen LogP contribution in [-0.4, -0.2) is 26.6 Å². The summed E-state index contributed by atoms with van der Waals surface area (Å²) < 4.78 is 16.6. The molecule has 0 radical (unpaired) electrons. The fraction of sp³-hybridized carbons (Fsp3) is 0.368. The smallest absolute Gasteiger partial charge is 0.157 e. The Morgan fingerprint density at radius 2 is 1.73 bits per heavy atom. The molecule has 1 aliphatic heterocycles. The fourth-order valence-electron chi connectivity index (χ4n) is 3.60. The molecule has 1 unspecified atom stereocenters. The summed E-state index contributed by atoms with van der Waals surface area (Å²) in [5.41, 5.74) is 5.44. The molecule has 0 N–H and O–H groups in total. The molecule has 2 aromatic rings. The molecular weight excluding hydrogens is 276 g/mol. The van der Waals surface area contributed by atoms with Crippen LogP contribution in [0.3, 0.4) is 0 Å². The van der Waals surface area contributed by atoms with E-state index in [1.54, 1.807) is 7.11 Å². The minimum atomic E-state index is -0.0400. The predicted molar refractivity (Wildman–Crippen MR) is 85.2 cm³/mol. The van der Waals surface area contributed by atoms with E-state index >= 15 is 0 Å². The molecule has 1 atom stereocenters. The monoisotopic (exact) mass is 296 g/mol. The van der Waals surface area contributed by atoms with Crippen molar-refractivity contribution >= 4 is 0 Å². The Kier molecular flexibility index (Phi) is 3.60. The molecule has 0 saturated carbocycles. The molecule has 2 aliphatic rings. The van der Waals surface area contributed by atoms with Crippen LogP contribution in [-0.2, 0) is 9.47 Å². The Morgan fingerprint density at radius 3 is 2.55 bits per heavy atom. The lowest BCUT2D eigenvalue weighted by atomic mass is 9.92. The molecule has 22 heavy (non-hydrogen) atoms. The van der Waals surface area contributed by atoms with Crippen molar-refractivity contribution in [1.29, 1.82) is 0 Å². The van der Waals surface area contributed by atoms with Gasteiger partial charge in [-0.1, -0.05) is 30.3 Å². The van der Waals surface area contributed by atoms with Crippen LogP contribution in [0.1, 0.15) is 29.9 Å². The zero-order chi connectivity index (χ0) is 14.9. The summed E-state index contributed by atoms with van der Waals surface area (Å²) in [6.45, 7) is 1.44. The normalized spacial score (nSPS) is 20.0. The third-order valence-electron chi connectivity index (χ3n) is 4.64. The van der Waals surface area contributed by atoms with Crippen molar-refractivity contribution in [2.45, 2.75) is 25.0 Å². The number of benzene rings is 2. The maximum atomic E-state index is 5.59. The number of hydrogen-bond donors (Lipinski definition) is 0. The van der Waals surface area contributed by atoms with Crippen LogP contribution < -0.4 is 4.74 Å². The molecular formula is C19H20O3. The highest BCUT2D eigenvalue weighted by atomic mass is 16.7. The highest BCUT2D eigenvalue weighted by Gasteiger charge is 2.30. The molecule has 0 amide bonds. The van der Waals surface area contributed by atoms with E-state index in [-0.39, 0.29) is 6.29 Å². The van der Waals surface area contributed by atoms with Crippen LogP contribution in [0.5, 0.6) is 5.75 Å². The molecule has 3 heteroatoms. The number of fused-ring (bicyclic) bond motifs is 3. The number of hydrogen-bond acceptors (Lipinski definition) is 3. The van der Waals surface area contributed by atoms with Crippen LogP contribution in [0, 0.1) is 0 Å². The topological polar surface area (TPSA) is 27.7 Å². The van der Waals surface area contributed by atoms with Gasteiger partial charge in [0.1, 0.15) is 5.75 Å². The quantitative estimate of drug-likeness (QED) is 0.854. The molecule has 0 bridgehead atoms. The van der Waals surface area contributed by atoms with Crippen molar-refractivity contribution in [1.82, 2.24) is 0 Å². The van der Waals surface area contributed by atoms with Crippen LogP contribution in [0.25, 0.3) is 11.1 Å². The van der Waals surface area contributed by atoms with Gasteiger partial charge in [0.15, 0.2) is 6.29 Å². The van der Waals surface area contributed by atoms with E-state index in [4.69, 9.17) is 14.2 Å². The summed E-state index contributed by atoms with van der Waals surface area (Å²) in [6.07, 6.45) is 1.92. The number of rotatable bonds is 4. The molecule has 1 heterocycles. The largest absolute Gasteiger partial charge is 0.497 e. The van der Waals surface area contributed by atoms with Gasteiger partial charge >= 0.3 is 0 Å². The fourth-order valence-corrected chi connectivity index (χ4v) is 3.60. The van der Waals surface area contributed by atoms with Crippen molar-refractivity contribution in [3.63, 3.8) is 0 Å². The van der Waals surface area contributed by atoms with Crippen molar-refractivity contribution in [2.24, 2.45) is 0 Å². The van der Waals surface area contributed by atoms with Crippen molar-refractivity contribution in [2.75, 3.05) is 20.3 Å². The minimum Gasteiger partial charge on any atom is -0.497 e. The summed E-state index contributed by atoms with van der Waals surface area (Å²) in [6, 6.07) is 15.1. The van der Waals surface area contributed by atoms with E-state index in [1.807, 2.05) is 6.07 Å². The van der Waals surface area contributed by atoms with Gasteiger partial charge in [0.05, 0.1) is 20.3 Å². The Bertz CT molecular complexity index is 674. The van der Waals surface area contributed by atoms with Gasteiger partial charge in [0.2, 0.25) is 0 Å². The lowest BCUT2D eigenvalue weighted by molar-refractivity contribution is -0.0482. The van der Waals surface area contributed by atoms with Crippen LogP contribution >= 0.6 is 0 Å². The lowest BCUT2D eigenvalue weighted by Gasteiger charge is -2.16. The molecule has 2 aromatic carbocycles. The zero-order valence-corrected chi connectivity index (χ0v) is 12.7. The van der Waals surface area contributed by atoms with Gasteiger partial charge in [-0.2, -0.15) is 0 Å². The summed E-state index contributed by atoms with van der Waals surface area (Å²) >= 11 is 0. The van der Waals surface area contributed by atoms with Crippen LogP contribution in [0.2, 0.25) is 0 Å². The summed E-state index contributed by atoms with van der Waals surface area (Å²) in [7, 11) is 1.72. The SMILES string of the molecule is COc1ccc2c(c1)C(CCC1OCCO1)c1ccccc1-2. The first-order valence-electron chi connectivity index (χ1n) is 7.87. The van der Waals surface area contributed by atoms with Crippen LogP contribution in [0.15, 0.2) is 42.5 Å². The number of methoxy groups -OCH3 is 1. The first-order chi connectivity index (χ1) is 10.9. The summed E-state index contributed by atoms with van der Waals surface area (Å²) in [5.74, 6) is 1.32. The average molecular weight is 296 g/mol. The maximum absolute atomic E-state index is 5.59. The van der Waals surface area contributed by atoms with Gasteiger partial charge in [-0.15, -0.1) is 0 Å².